The van der Waals surface area contributed by atoms with E-state index >= 15 is 0 Å². The molecule has 0 aliphatic heterocycles. The Kier molecular flexibility index (Phi) is 6.06. The lowest BCUT2D eigenvalue weighted by molar-refractivity contribution is 0.553. The monoisotopic (exact) mass is 417 g/mol. The molecule has 3 nitrogen and oxygen atoms in total. The third-order valence-electron chi connectivity index (χ3n) is 4.81. The van der Waals surface area contributed by atoms with Gasteiger partial charge in [0.25, 0.3) is 0 Å². The van der Waals surface area contributed by atoms with E-state index in [1.165, 1.54) is 25.7 Å². The Labute approximate surface area is 149 Å². The van der Waals surface area contributed by atoms with E-state index in [-0.39, 0.29) is 35.2 Å². The molecule has 2 N–H and O–H groups in total. The van der Waals surface area contributed by atoms with E-state index in [1.807, 2.05) is 12.1 Å². The van der Waals surface area contributed by atoms with E-state index in [0.29, 0.717) is 6.04 Å². The summed E-state index contributed by atoms with van der Waals surface area (Å²) in [5, 5.41) is 6.87. The molecule has 2 saturated carbocycles. The van der Waals surface area contributed by atoms with Crippen LogP contribution in [0.15, 0.2) is 29.3 Å². The van der Waals surface area contributed by atoms with Crippen LogP contribution in [0.25, 0.3) is 0 Å². The number of benzene rings is 1. The van der Waals surface area contributed by atoms with Crippen molar-refractivity contribution in [3.05, 3.63) is 35.6 Å². The molecule has 2 fully saturated rings. The molecule has 2 aliphatic carbocycles. The van der Waals surface area contributed by atoms with Crippen LogP contribution in [-0.4, -0.2) is 25.6 Å². The Bertz CT molecular complexity index is 522. The van der Waals surface area contributed by atoms with Crippen molar-refractivity contribution in [2.75, 3.05) is 13.6 Å². The predicted molar refractivity (Wildman–Crippen MR) is 99.5 cm³/mol. The predicted octanol–water partition coefficient (Wildman–Crippen LogP) is 3.58. The van der Waals surface area contributed by atoms with Crippen LogP contribution in [0.1, 0.15) is 44.1 Å². The summed E-state index contributed by atoms with van der Waals surface area (Å²) in [6.45, 7) is 0.750. The second-order valence-electron chi connectivity index (χ2n) is 6.31. The average Bonchev–Trinajstić information content (AvgIpc) is 3.11. The number of nitrogens with one attached hydrogen (secondary N) is 2. The van der Waals surface area contributed by atoms with Crippen LogP contribution < -0.4 is 10.6 Å². The van der Waals surface area contributed by atoms with Gasteiger partial charge < -0.3 is 10.6 Å². The van der Waals surface area contributed by atoms with Crippen LogP contribution in [0.5, 0.6) is 0 Å². The van der Waals surface area contributed by atoms with Gasteiger partial charge in [0.2, 0.25) is 0 Å². The van der Waals surface area contributed by atoms with Gasteiger partial charge >= 0.3 is 0 Å². The lowest BCUT2D eigenvalue weighted by Gasteiger charge is -2.21. The second kappa shape index (κ2) is 7.62. The Hall–Kier alpha value is -0.850. The third-order valence-corrected chi connectivity index (χ3v) is 4.81. The minimum Gasteiger partial charge on any atom is -0.356 e. The molecule has 0 amide bonds. The molecule has 1 aromatic rings. The van der Waals surface area contributed by atoms with Crippen LogP contribution in [0, 0.1) is 5.82 Å². The molecule has 1 aromatic carbocycles. The maximum absolute atomic E-state index is 14.0. The Morgan fingerprint density at radius 2 is 1.95 bits per heavy atom. The first kappa shape index (κ1) is 17.5. The molecule has 5 heteroatoms. The SMILES string of the molecule is CN=C(NCC1(c2ccccc2F)CC1)NC1CCCC1.I. The Balaban J connectivity index is 0.00000176. The largest absolute Gasteiger partial charge is 0.356 e. The van der Waals surface area contributed by atoms with Crippen molar-refractivity contribution in [1.82, 2.24) is 10.6 Å². The van der Waals surface area contributed by atoms with Gasteiger partial charge in [0.05, 0.1) is 0 Å². The van der Waals surface area contributed by atoms with Gasteiger partial charge in [0, 0.05) is 25.0 Å². The van der Waals surface area contributed by atoms with Crippen molar-refractivity contribution in [3.63, 3.8) is 0 Å². The fourth-order valence-electron chi connectivity index (χ4n) is 3.29. The van der Waals surface area contributed by atoms with Crippen molar-refractivity contribution in [2.45, 2.75) is 50.0 Å². The highest BCUT2D eigenvalue weighted by Gasteiger charge is 2.45. The number of halogens is 2. The summed E-state index contributed by atoms with van der Waals surface area (Å²) in [5.41, 5.74) is 0.798. The summed E-state index contributed by atoms with van der Waals surface area (Å²) in [4.78, 5) is 4.30. The summed E-state index contributed by atoms with van der Waals surface area (Å²) in [6.07, 6.45) is 7.13. The number of hydrogen-bond acceptors (Lipinski definition) is 1. The summed E-state index contributed by atoms with van der Waals surface area (Å²) in [6, 6.07) is 7.69. The number of hydrogen-bond donors (Lipinski definition) is 2. The van der Waals surface area contributed by atoms with E-state index in [0.717, 1.165) is 30.9 Å². The minimum atomic E-state index is -0.0875. The normalized spacial score (nSPS) is 20.4. The van der Waals surface area contributed by atoms with E-state index in [9.17, 15) is 4.39 Å². The van der Waals surface area contributed by atoms with Gasteiger partial charge in [-0.15, -0.1) is 24.0 Å². The number of aliphatic imine (C=N–C) groups is 1. The Morgan fingerprint density at radius 1 is 1.27 bits per heavy atom. The number of guanidine groups is 1. The molecule has 0 unspecified atom stereocenters. The second-order valence-corrected chi connectivity index (χ2v) is 6.31. The van der Waals surface area contributed by atoms with Gasteiger partial charge in [0.15, 0.2) is 5.96 Å². The zero-order chi connectivity index (χ0) is 14.7. The van der Waals surface area contributed by atoms with Crippen LogP contribution in [-0.2, 0) is 5.41 Å². The maximum Gasteiger partial charge on any atom is 0.191 e. The highest BCUT2D eigenvalue weighted by Crippen LogP contribution is 2.48. The van der Waals surface area contributed by atoms with Gasteiger partial charge in [0.1, 0.15) is 5.82 Å². The van der Waals surface area contributed by atoms with Gasteiger partial charge in [-0.3, -0.25) is 4.99 Å². The standard InChI is InChI=1S/C17H24FN3.HI/c1-19-16(21-13-6-2-3-7-13)20-12-17(10-11-17)14-8-4-5-9-15(14)18;/h4-5,8-9,13H,2-3,6-7,10-12H2,1H3,(H2,19,20,21);1H. The van der Waals surface area contributed by atoms with Gasteiger partial charge in [-0.25, -0.2) is 4.39 Å². The minimum absolute atomic E-state index is 0. The highest BCUT2D eigenvalue weighted by molar-refractivity contribution is 14.0. The van der Waals surface area contributed by atoms with Crippen molar-refractivity contribution in [1.29, 1.82) is 0 Å². The van der Waals surface area contributed by atoms with Crippen molar-refractivity contribution in [2.24, 2.45) is 4.99 Å². The molecule has 3 rings (SSSR count). The first-order valence-corrected chi connectivity index (χ1v) is 7.96. The molecule has 0 saturated heterocycles. The molecular weight excluding hydrogens is 392 g/mol. The van der Waals surface area contributed by atoms with Gasteiger partial charge in [-0.2, -0.15) is 0 Å². The van der Waals surface area contributed by atoms with Crippen LogP contribution in [0.3, 0.4) is 0 Å². The lowest BCUT2D eigenvalue weighted by Crippen LogP contribution is -2.45. The maximum atomic E-state index is 14.0. The molecule has 0 atom stereocenters. The fraction of sp³-hybridized carbons (Fsp3) is 0.588. The quantitative estimate of drug-likeness (QED) is 0.447. The molecule has 0 spiro atoms. The zero-order valence-corrected chi connectivity index (χ0v) is 15.4. The Morgan fingerprint density at radius 3 is 2.55 bits per heavy atom. The van der Waals surface area contributed by atoms with Crippen molar-refractivity contribution < 1.29 is 4.39 Å². The van der Waals surface area contributed by atoms with E-state index in [2.05, 4.69) is 15.6 Å². The topological polar surface area (TPSA) is 36.4 Å². The van der Waals surface area contributed by atoms with Crippen LogP contribution in [0.4, 0.5) is 4.39 Å². The van der Waals surface area contributed by atoms with Crippen molar-refractivity contribution >= 4 is 29.9 Å². The van der Waals surface area contributed by atoms with Gasteiger partial charge in [-0.1, -0.05) is 31.0 Å². The molecule has 22 heavy (non-hydrogen) atoms. The summed E-state index contributed by atoms with van der Waals surface area (Å²) in [5.74, 6) is 0.764. The molecule has 2 aliphatic rings. The van der Waals surface area contributed by atoms with Crippen molar-refractivity contribution in [3.8, 4) is 0 Å². The lowest BCUT2D eigenvalue weighted by atomic mass is 9.95. The summed E-state index contributed by atoms with van der Waals surface area (Å²) in [7, 11) is 1.80. The zero-order valence-electron chi connectivity index (χ0n) is 13.1. The van der Waals surface area contributed by atoms with Gasteiger partial charge in [-0.05, 0) is 37.3 Å². The first-order valence-electron chi connectivity index (χ1n) is 7.96. The highest BCUT2D eigenvalue weighted by atomic mass is 127. The van der Waals surface area contributed by atoms with E-state index < -0.39 is 0 Å². The van der Waals surface area contributed by atoms with Crippen LogP contribution >= 0.6 is 24.0 Å². The molecule has 0 heterocycles. The molecular formula is C17H25FIN3. The molecule has 0 bridgehead atoms. The van der Waals surface area contributed by atoms with E-state index in [4.69, 9.17) is 0 Å². The fourth-order valence-corrected chi connectivity index (χ4v) is 3.29. The molecule has 0 radical (unpaired) electrons. The summed E-state index contributed by atoms with van der Waals surface area (Å²) < 4.78 is 14.0. The molecule has 122 valence electrons. The van der Waals surface area contributed by atoms with E-state index in [1.54, 1.807) is 19.2 Å². The van der Waals surface area contributed by atoms with Crippen LogP contribution in [0.2, 0.25) is 0 Å². The summed E-state index contributed by atoms with van der Waals surface area (Å²) >= 11 is 0. The first-order chi connectivity index (χ1) is 10.2. The number of rotatable bonds is 4. The smallest absolute Gasteiger partial charge is 0.191 e. The number of nitrogens with zero attached hydrogens (tertiary/aromatic N) is 1. The third kappa shape index (κ3) is 3.91. The molecule has 0 aromatic heterocycles. The average molecular weight is 417 g/mol.